The Morgan fingerprint density at radius 1 is 1.24 bits per heavy atom. The number of nitrogens with zero attached hydrogens (tertiary/aromatic N) is 1. The molecule has 6 rings (SSSR count). The van der Waals surface area contributed by atoms with Crippen LogP contribution in [0.5, 0.6) is 0 Å². The maximum atomic E-state index is 13.8. The molecule has 2 heterocycles. The summed E-state index contributed by atoms with van der Waals surface area (Å²) in [5, 5.41) is 4.09. The number of carbonyl (C=O) groups is 2. The number of urea groups is 1. The van der Waals surface area contributed by atoms with Gasteiger partial charge in [-0.25, -0.2) is 4.79 Å². The van der Waals surface area contributed by atoms with Crippen molar-refractivity contribution in [3.8, 4) is 0 Å². The first-order valence-corrected chi connectivity index (χ1v) is 13.9. The van der Waals surface area contributed by atoms with Crippen molar-refractivity contribution in [1.82, 2.24) is 10.2 Å². The molecule has 0 aromatic heterocycles. The number of rotatable bonds is 5. The van der Waals surface area contributed by atoms with Crippen LogP contribution in [-0.2, 0) is 26.2 Å². The normalized spacial score (nSPS) is 34.3. The molecular formula is C30H41ClN2O4. The minimum atomic E-state index is -0.785. The highest BCUT2D eigenvalue weighted by molar-refractivity contribution is 6.31. The lowest BCUT2D eigenvalue weighted by Gasteiger charge is -2.57. The van der Waals surface area contributed by atoms with Crippen molar-refractivity contribution in [2.45, 2.75) is 96.7 Å². The second-order valence-corrected chi connectivity index (χ2v) is 14.0. The molecule has 2 atom stereocenters. The highest BCUT2D eigenvalue weighted by atomic mass is 35.5. The summed E-state index contributed by atoms with van der Waals surface area (Å²) >= 11 is 6.83. The van der Waals surface area contributed by atoms with Gasteiger partial charge >= 0.3 is 12.0 Å². The Balaban J connectivity index is 1.52. The Labute approximate surface area is 226 Å². The van der Waals surface area contributed by atoms with E-state index in [1.165, 1.54) is 7.11 Å². The van der Waals surface area contributed by atoms with Crippen LogP contribution in [0.2, 0.25) is 5.02 Å². The average molecular weight is 529 g/mol. The van der Waals surface area contributed by atoms with E-state index >= 15 is 0 Å². The van der Waals surface area contributed by atoms with Crippen molar-refractivity contribution in [2.75, 3.05) is 13.7 Å². The minimum Gasteiger partial charge on any atom is -0.469 e. The van der Waals surface area contributed by atoms with Crippen LogP contribution in [0.15, 0.2) is 30.0 Å². The summed E-state index contributed by atoms with van der Waals surface area (Å²) in [7, 11) is 1.45. The van der Waals surface area contributed by atoms with Gasteiger partial charge in [-0.2, -0.15) is 0 Å². The van der Waals surface area contributed by atoms with Gasteiger partial charge in [0, 0.05) is 17.1 Å². The van der Waals surface area contributed by atoms with E-state index in [4.69, 9.17) is 21.1 Å². The molecule has 4 fully saturated rings. The fourth-order valence-corrected chi connectivity index (χ4v) is 7.28. The van der Waals surface area contributed by atoms with Gasteiger partial charge in [-0.1, -0.05) is 51.4 Å². The van der Waals surface area contributed by atoms with Gasteiger partial charge in [-0.05, 0) is 80.6 Å². The molecule has 2 bridgehead atoms. The van der Waals surface area contributed by atoms with Gasteiger partial charge in [0.2, 0.25) is 0 Å². The molecule has 2 aliphatic heterocycles. The second kappa shape index (κ2) is 8.47. The number of halogens is 1. The fraction of sp³-hybridized carbons (Fsp3) is 0.667. The fourth-order valence-electron chi connectivity index (χ4n) is 7.00. The maximum absolute atomic E-state index is 13.8. The van der Waals surface area contributed by atoms with E-state index in [0.29, 0.717) is 19.4 Å². The zero-order chi connectivity index (χ0) is 27.0. The lowest BCUT2D eigenvalue weighted by molar-refractivity contribution is -0.160. The molecule has 3 aliphatic carbocycles. The number of hydrogen-bond donors (Lipinski definition) is 1. The van der Waals surface area contributed by atoms with E-state index in [0.717, 1.165) is 47.4 Å². The van der Waals surface area contributed by atoms with Crippen LogP contribution < -0.4 is 5.32 Å². The van der Waals surface area contributed by atoms with Crippen LogP contribution in [0.25, 0.3) is 0 Å². The SMILES string of the molecule is COC(=O)C12CCC(N3C=C4C(C)C(C)(C)OC[C@@]4(c4ccc(CCC(C)(C)C)c(Cl)c4)NC3=O)(C1)C2. The Hall–Kier alpha value is -2.05. The highest BCUT2D eigenvalue weighted by Crippen LogP contribution is 2.65. The molecular weight excluding hydrogens is 488 g/mol. The summed E-state index contributed by atoms with van der Waals surface area (Å²) in [5.41, 5.74) is 1.46. The zero-order valence-corrected chi connectivity index (χ0v) is 24.1. The molecule has 7 heteroatoms. The van der Waals surface area contributed by atoms with Crippen LogP contribution in [0.4, 0.5) is 4.79 Å². The second-order valence-electron chi connectivity index (χ2n) is 13.6. The van der Waals surface area contributed by atoms with Gasteiger partial charge in [0.1, 0.15) is 5.54 Å². The topological polar surface area (TPSA) is 67.9 Å². The molecule has 1 aromatic rings. The van der Waals surface area contributed by atoms with E-state index in [1.807, 2.05) is 11.0 Å². The molecule has 1 saturated heterocycles. The van der Waals surface area contributed by atoms with Crippen molar-refractivity contribution in [3.63, 3.8) is 0 Å². The highest BCUT2D eigenvalue weighted by Gasteiger charge is 2.69. The van der Waals surface area contributed by atoms with Crippen LogP contribution in [0.1, 0.15) is 84.8 Å². The number of hydrogen-bond acceptors (Lipinski definition) is 4. The quantitative estimate of drug-likeness (QED) is 0.452. The molecule has 37 heavy (non-hydrogen) atoms. The minimum absolute atomic E-state index is 0.0481. The van der Waals surface area contributed by atoms with Crippen LogP contribution in [0.3, 0.4) is 0 Å². The summed E-state index contributed by atoms with van der Waals surface area (Å²) in [5.74, 6) is -0.103. The van der Waals surface area contributed by atoms with Gasteiger partial charge in [-0.3, -0.25) is 9.69 Å². The molecule has 2 amide bonds. The third kappa shape index (κ3) is 4.10. The first-order chi connectivity index (χ1) is 17.2. The van der Waals surface area contributed by atoms with Gasteiger partial charge in [0.05, 0.1) is 30.3 Å². The summed E-state index contributed by atoms with van der Waals surface area (Å²) in [6, 6.07) is 6.07. The van der Waals surface area contributed by atoms with Gasteiger partial charge in [0.15, 0.2) is 0 Å². The van der Waals surface area contributed by atoms with E-state index in [2.05, 4.69) is 65.2 Å². The van der Waals surface area contributed by atoms with Gasteiger partial charge < -0.3 is 14.8 Å². The summed E-state index contributed by atoms with van der Waals surface area (Å²) in [6.07, 6.45) is 6.88. The van der Waals surface area contributed by atoms with E-state index in [1.54, 1.807) is 0 Å². The van der Waals surface area contributed by atoms with Crippen molar-refractivity contribution < 1.29 is 19.1 Å². The summed E-state index contributed by atoms with van der Waals surface area (Å²) in [6.45, 7) is 13.4. The lowest BCUT2D eigenvalue weighted by Crippen LogP contribution is -2.68. The molecule has 1 unspecified atom stereocenters. The number of fused-ring (bicyclic) bond motifs is 2. The Morgan fingerprint density at radius 2 is 1.95 bits per heavy atom. The summed E-state index contributed by atoms with van der Waals surface area (Å²) < 4.78 is 11.5. The molecule has 202 valence electrons. The molecule has 3 saturated carbocycles. The maximum Gasteiger partial charge on any atom is 0.322 e. The van der Waals surface area contributed by atoms with E-state index in [-0.39, 0.29) is 34.5 Å². The number of aryl methyl sites for hydroxylation is 1. The van der Waals surface area contributed by atoms with Crippen molar-refractivity contribution in [2.24, 2.45) is 16.7 Å². The predicted octanol–water partition coefficient (Wildman–Crippen LogP) is 6.35. The van der Waals surface area contributed by atoms with Crippen LogP contribution in [0, 0.1) is 16.7 Å². The molecule has 0 spiro atoms. The third-order valence-corrected chi connectivity index (χ3v) is 10.0. The lowest BCUT2D eigenvalue weighted by atomic mass is 9.63. The smallest absolute Gasteiger partial charge is 0.322 e. The molecule has 0 radical (unpaired) electrons. The number of methoxy groups -OCH3 is 1. The van der Waals surface area contributed by atoms with Crippen molar-refractivity contribution in [3.05, 3.63) is 46.1 Å². The molecule has 6 nitrogen and oxygen atoms in total. The Kier molecular flexibility index (Phi) is 6.08. The van der Waals surface area contributed by atoms with E-state index in [9.17, 15) is 9.59 Å². The average Bonchev–Trinajstić information content (AvgIpc) is 3.38. The number of benzene rings is 1. The molecule has 5 aliphatic rings. The first kappa shape index (κ1) is 26.6. The summed E-state index contributed by atoms with van der Waals surface area (Å²) in [4.78, 5) is 28.1. The van der Waals surface area contributed by atoms with E-state index < -0.39 is 11.0 Å². The van der Waals surface area contributed by atoms with Crippen molar-refractivity contribution >= 4 is 23.6 Å². The van der Waals surface area contributed by atoms with Gasteiger partial charge in [-0.15, -0.1) is 0 Å². The first-order valence-electron chi connectivity index (χ1n) is 13.5. The monoisotopic (exact) mass is 528 g/mol. The van der Waals surface area contributed by atoms with Crippen molar-refractivity contribution in [1.29, 1.82) is 0 Å². The van der Waals surface area contributed by atoms with Crippen LogP contribution in [-0.4, -0.2) is 41.8 Å². The zero-order valence-electron chi connectivity index (χ0n) is 23.3. The number of amides is 2. The molecule has 1 aromatic carbocycles. The third-order valence-electron chi connectivity index (χ3n) is 9.69. The number of carbonyl (C=O) groups excluding carboxylic acids is 2. The largest absolute Gasteiger partial charge is 0.469 e. The number of esters is 1. The molecule has 1 N–H and O–H groups in total. The van der Waals surface area contributed by atoms with Gasteiger partial charge in [0.25, 0.3) is 0 Å². The van der Waals surface area contributed by atoms with Crippen LogP contribution >= 0.6 is 11.6 Å². The standard InChI is InChI=1S/C30H41ClN2O4/c1-19-22-15-33(29-13-12-28(16-29,17-29)24(34)36-7)25(35)32-30(22,18-37-27(19,5)6)21-9-8-20(23(31)14-21)10-11-26(2,3)4/h8-9,14-15,19H,10-13,16-18H2,1-7H3,(H,32,35)/t19?,28?,29?,30-/m0/s1. The predicted molar refractivity (Wildman–Crippen MR) is 144 cm³/mol. The Morgan fingerprint density at radius 3 is 2.57 bits per heavy atom. The number of nitrogens with one attached hydrogen (secondary N) is 1. The number of ether oxygens (including phenoxy) is 2. The Bertz CT molecular complexity index is 1160.